The van der Waals surface area contributed by atoms with E-state index in [2.05, 4.69) is 4.90 Å². The summed E-state index contributed by atoms with van der Waals surface area (Å²) >= 11 is 0. The fourth-order valence-corrected chi connectivity index (χ4v) is 4.76. The van der Waals surface area contributed by atoms with Crippen molar-refractivity contribution in [3.05, 3.63) is 59.7 Å². The van der Waals surface area contributed by atoms with Crippen LogP contribution in [0.1, 0.15) is 35.2 Å². The summed E-state index contributed by atoms with van der Waals surface area (Å²) in [7, 11) is 1.64. The number of halogens is 3. The van der Waals surface area contributed by atoms with Crippen LogP contribution in [0.5, 0.6) is 5.75 Å². The molecule has 188 valence electrons. The zero-order valence-corrected chi connectivity index (χ0v) is 19.8. The van der Waals surface area contributed by atoms with E-state index >= 15 is 0 Å². The van der Waals surface area contributed by atoms with Gasteiger partial charge < -0.3 is 19.4 Å². The van der Waals surface area contributed by atoms with Gasteiger partial charge in [-0.15, -0.1) is 0 Å². The zero-order valence-electron chi connectivity index (χ0n) is 19.8. The fraction of sp³-hybridized carbons (Fsp3) is 0.462. The Hall–Kier alpha value is -3.23. The molecule has 2 aromatic carbocycles. The predicted molar refractivity (Wildman–Crippen MR) is 126 cm³/mol. The Balaban J connectivity index is 1.29. The van der Waals surface area contributed by atoms with Crippen LogP contribution in [0.15, 0.2) is 48.5 Å². The number of benzene rings is 2. The number of amides is 2. The Kier molecular flexibility index (Phi) is 7.52. The molecule has 9 heteroatoms. The second kappa shape index (κ2) is 10.6. The number of rotatable bonds is 4. The van der Waals surface area contributed by atoms with Gasteiger partial charge in [-0.2, -0.15) is 13.2 Å². The van der Waals surface area contributed by atoms with Crippen molar-refractivity contribution in [3.8, 4) is 5.75 Å². The van der Waals surface area contributed by atoms with Crippen molar-refractivity contribution in [2.24, 2.45) is 5.92 Å². The first-order valence-corrected chi connectivity index (χ1v) is 11.9. The standard InChI is InChI=1S/C26H30F3N3O3/c1-35-23-9-7-22(8-10-23)30-13-2-14-31(18-17-30)25(34)20-11-15-32(16-12-20)24(33)19-3-5-21(6-4-19)26(27,28)29/h3-10,20H,2,11-18H2,1H3. The van der Waals surface area contributed by atoms with E-state index in [-0.39, 0.29) is 23.3 Å². The first-order chi connectivity index (χ1) is 16.8. The number of likely N-dealkylation sites (tertiary alicyclic amines) is 1. The van der Waals surface area contributed by atoms with Gasteiger partial charge in [-0.25, -0.2) is 0 Å². The number of ether oxygens (including phenoxy) is 1. The second-order valence-corrected chi connectivity index (χ2v) is 9.01. The molecule has 0 N–H and O–H groups in total. The Morgan fingerprint density at radius 1 is 0.829 bits per heavy atom. The van der Waals surface area contributed by atoms with Crippen LogP contribution in [0.3, 0.4) is 0 Å². The van der Waals surface area contributed by atoms with Crippen LogP contribution < -0.4 is 9.64 Å². The van der Waals surface area contributed by atoms with Gasteiger partial charge >= 0.3 is 6.18 Å². The van der Waals surface area contributed by atoms with Crippen molar-refractivity contribution in [2.75, 3.05) is 51.3 Å². The predicted octanol–water partition coefficient (Wildman–Crippen LogP) is 4.31. The van der Waals surface area contributed by atoms with Gasteiger partial charge in [0.15, 0.2) is 0 Å². The Bertz CT molecular complexity index is 1020. The number of nitrogens with zero attached hydrogens (tertiary/aromatic N) is 3. The third-order valence-electron chi connectivity index (χ3n) is 6.84. The van der Waals surface area contributed by atoms with E-state index in [9.17, 15) is 22.8 Å². The van der Waals surface area contributed by atoms with Crippen molar-refractivity contribution in [2.45, 2.75) is 25.4 Å². The molecular weight excluding hydrogens is 459 g/mol. The minimum absolute atomic E-state index is 0.128. The van der Waals surface area contributed by atoms with E-state index in [0.717, 1.165) is 43.1 Å². The largest absolute Gasteiger partial charge is 0.497 e. The minimum atomic E-state index is -4.43. The van der Waals surface area contributed by atoms with E-state index in [1.807, 2.05) is 29.2 Å². The Morgan fingerprint density at radius 3 is 2.09 bits per heavy atom. The summed E-state index contributed by atoms with van der Waals surface area (Å²) in [5.41, 5.74) is 0.561. The molecule has 0 saturated carbocycles. The summed E-state index contributed by atoms with van der Waals surface area (Å²) in [6, 6.07) is 12.2. The molecule has 35 heavy (non-hydrogen) atoms. The maximum atomic E-state index is 13.2. The first kappa shape index (κ1) is 24.9. The molecule has 0 bridgehead atoms. The average molecular weight is 490 g/mol. The van der Waals surface area contributed by atoms with Crippen molar-refractivity contribution in [1.29, 1.82) is 0 Å². The van der Waals surface area contributed by atoms with Crippen LogP contribution in [0.25, 0.3) is 0 Å². The molecule has 2 fully saturated rings. The second-order valence-electron chi connectivity index (χ2n) is 9.01. The quantitative estimate of drug-likeness (QED) is 0.643. The third kappa shape index (κ3) is 5.89. The van der Waals surface area contributed by atoms with E-state index in [4.69, 9.17) is 4.74 Å². The first-order valence-electron chi connectivity index (χ1n) is 11.9. The maximum absolute atomic E-state index is 13.2. The molecule has 4 rings (SSSR count). The number of anilines is 1. The number of hydrogen-bond acceptors (Lipinski definition) is 4. The van der Waals surface area contributed by atoms with Gasteiger partial charge in [0.25, 0.3) is 5.91 Å². The van der Waals surface area contributed by atoms with Crippen LogP contribution in [-0.2, 0) is 11.0 Å². The molecule has 0 radical (unpaired) electrons. The number of piperidine rings is 1. The van der Waals surface area contributed by atoms with Crippen LogP contribution >= 0.6 is 0 Å². The monoisotopic (exact) mass is 489 g/mol. The van der Waals surface area contributed by atoms with Gasteiger partial charge in [-0.1, -0.05) is 0 Å². The number of hydrogen-bond donors (Lipinski definition) is 0. The molecule has 2 heterocycles. The lowest BCUT2D eigenvalue weighted by molar-refractivity contribution is -0.138. The third-order valence-corrected chi connectivity index (χ3v) is 6.84. The van der Waals surface area contributed by atoms with Crippen molar-refractivity contribution in [3.63, 3.8) is 0 Å². The van der Waals surface area contributed by atoms with Crippen molar-refractivity contribution in [1.82, 2.24) is 9.80 Å². The molecule has 0 atom stereocenters. The average Bonchev–Trinajstić information content (AvgIpc) is 3.14. The molecule has 0 aromatic heterocycles. The molecule has 2 amide bonds. The topological polar surface area (TPSA) is 53.1 Å². The molecular formula is C26H30F3N3O3. The highest BCUT2D eigenvalue weighted by Crippen LogP contribution is 2.30. The van der Waals surface area contributed by atoms with E-state index in [1.54, 1.807) is 12.0 Å². The van der Waals surface area contributed by atoms with E-state index < -0.39 is 11.7 Å². The maximum Gasteiger partial charge on any atom is 0.416 e. The van der Waals surface area contributed by atoms with Crippen molar-refractivity contribution < 1.29 is 27.5 Å². The summed E-state index contributed by atoms with van der Waals surface area (Å²) in [6.07, 6.45) is -2.43. The highest BCUT2D eigenvalue weighted by molar-refractivity contribution is 5.94. The van der Waals surface area contributed by atoms with Gasteiger partial charge in [-0.3, -0.25) is 9.59 Å². The number of alkyl halides is 3. The molecule has 0 aliphatic carbocycles. The fourth-order valence-electron chi connectivity index (χ4n) is 4.76. The van der Waals surface area contributed by atoms with Crippen LogP contribution in [0.2, 0.25) is 0 Å². The normalized spacial score (nSPS) is 17.8. The lowest BCUT2D eigenvalue weighted by atomic mass is 9.94. The number of carbonyl (C=O) groups is 2. The summed E-state index contributed by atoms with van der Waals surface area (Å²) < 4.78 is 43.5. The molecule has 0 spiro atoms. The lowest BCUT2D eigenvalue weighted by Gasteiger charge is -2.34. The Morgan fingerprint density at radius 2 is 1.49 bits per heavy atom. The van der Waals surface area contributed by atoms with E-state index in [1.165, 1.54) is 12.1 Å². The van der Waals surface area contributed by atoms with Gasteiger partial charge in [0, 0.05) is 56.4 Å². The van der Waals surface area contributed by atoms with Crippen LogP contribution in [0.4, 0.5) is 18.9 Å². The number of carbonyl (C=O) groups excluding carboxylic acids is 2. The van der Waals surface area contributed by atoms with E-state index in [0.29, 0.717) is 39.0 Å². The zero-order chi connectivity index (χ0) is 25.0. The van der Waals surface area contributed by atoms with Crippen LogP contribution in [0, 0.1) is 5.92 Å². The summed E-state index contributed by atoms with van der Waals surface area (Å²) in [4.78, 5) is 31.8. The summed E-state index contributed by atoms with van der Waals surface area (Å²) in [5.74, 6) is 0.500. The van der Waals surface area contributed by atoms with Gasteiger partial charge in [-0.05, 0) is 67.8 Å². The smallest absolute Gasteiger partial charge is 0.416 e. The SMILES string of the molecule is COc1ccc(N2CCCN(C(=O)C3CCN(C(=O)c4ccc(C(F)(F)F)cc4)CC3)CC2)cc1. The van der Waals surface area contributed by atoms with Gasteiger partial charge in [0.1, 0.15) is 5.75 Å². The molecule has 2 aromatic rings. The molecule has 2 aliphatic rings. The summed E-state index contributed by atoms with van der Waals surface area (Å²) in [5, 5.41) is 0. The van der Waals surface area contributed by atoms with Crippen molar-refractivity contribution >= 4 is 17.5 Å². The lowest BCUT2D eigenvalue weighted by Crippen LogP contribution is -2.45. The molecule has 6 nitrogen and oxygen atoms in total. The van der Waals surface area contributed by atoms with Gasteiger partial charge in [0.05, 0.1) is 12.7 Å². The minimum Gasteiger partial charge on any atom is -0.497 e. The molecule has 2 saturated heterocycles. The highest BCUT2D eigenvalue weighted by atomic mass is 19.4. The highest BCUT2D eigenvalue weighted by Gasteiger charge is 2.33. The number of methoxy groups -OCH3 is 1. The molecule has 2 aliphatic heterocycles. The Labute approximate surface area is 203 Å². The molecule has 0 unspecified atom stereocenters. The van der Waals surface area contributed by atoms with Crippen LogP contribution in [-0.4, -0.2) is 68.0 Å². The van der Waals surface area contributed by atoms with Gasteiger partial charge in [0.2, 0.25) is 5.91 Å². The summed E-state index contributed by atoms with van der Waals surface area (Å²) in [6.45, 7) is 3.81.